The molecule has 2 amide bonds. The van der Waals surface area contributed by atoms with Crippen molar-refractivity contribution in [1.29, 1.82) is 0 Å². The first-order valence-electron chi connectivity index (χ1n) is 8.13. The molecule has 0 heterocycles. The molecule has 130 valence electrons. The number of benzene rings is 1. The number of ether oxygens (including phenoxy) is 1. The fraction of sp³-hybridized carbons (Fsp3) is 0.474. The van der Waals surface area contributed by atoms with Crippen LogP contribution >= 0.6 is 0 Å². The summed E-state index contributed by atoms with van der Waals surface area (Å²) < 4.78 is 5.14. The summed E-state index contributed by atoms with van der Waals surface area (Å²) in [6.07, 6.45) is 7.48. The van der Waals surface area contributed by atoms with Gasteiger partial charge in [-0.05, 0) is 64.3 Å². The third-order valence-corrected chi connectivity index (χ3v) is 3.12. The van der Waals surface area contributed by atoms with Crippen molar-refractivity contribution in [3.05, 3.63) is 35.4 Å². The van der Waals surface area contributed by atoms with Crippen molar-refractivity contribution in [2.75, 3.05) is 13.1 Å². The van der Waals surface area contributed by atoms with E-state index in [4.69, 9.17) is 11.2 Å². The van der Waals surface area contributed by atoms with Gasteiger partial charge in [-0.25, -0.2) is 4.79 Å². The van der Waals surface area contributed by atoms with E-state index >= 15 is 0 Å². The average molecular weight is 330 g/mol. The number of unbranched alkanes of at least 4 members (excludes halogenated alkanes) is 2. The Morgan fingerprint density at radius 3 is 2.17 bits per heavy atom. The van der Waals surface area contributed by atoms with Crippen LogP contribution in [0.3, 0.4) is 0 Å². The Labute approximate surface area is 144 Å². The number of amides is 2. The zero-order valence-electron chi connectivity index (χ0n) is 14.6. The summed E-state index contributed by atoms with van der Waals surface area (Å²) in [5.41, 5.74) is 0.872. The highest BCUT2D eigenvalue weighted by Gasteiger charge is 2.15. The third-order valence-electron chi connectivity index (χ3n) is 3.12. The number of terminal acetylenes is 1. The van der Waals surface area contributed by atoms with Crippen LogP contribution in [0.1, 0.15) is 56.0 Å². The lowest BCUT2D eigenvalue weighted by atomic mass is 10.1. The lowest BCUT2D eigenvalue weighted by Gasteiger charge is -2.19. The van der Waals surface area contributed by atoms with Crippen LogP contribution in [-0.4, -0.2) is 30.7 Å². The standard InChI is InChI=1S/C19H26N2O3/c1-5-15-9-11-16(12-10-15)17(22)20-13-7-6-8-14-21-18(23)24-19(2,3)4/h1,9-12H,6-8,13-14H2,2-4H3,(H,20,22)(H,21,23). The molecule has 0 fully saturated rings. The summed E-state index contributed by atoms with van der Waals surface area (Å²) in [4.78, 5) is 23.4. The fourth-order valence-electron chi connectivity index (χ4n) is 1.95. The van der Waals surface area contributed by atoms with Crippen molar-refractivity contribution >= 4 is 12.0 Å². The number of hydrogen-bond donors (Lipinski definition) is 2. The summed E-state index contributed by atoms with van der Waals surface area (Å²) in [6, 6.07) is 6.93. The molecule has 0 saturated heterocycles. The second kappa shape index (κ2) is 9.61. The molecule has 0 saturated carbocycles. The number of nitrogens with one attached hydrogen (secondary N) is 2. The summed E-state index contributed by atoms with van der Waals surface area (Å²) in [6.45, 7) is 6.65. The molecule has 1 rings (SSSR count). The maximum absolute atomic E-state index is 11.9. The normalized spacial score (nSPS) is 10.6. The quantitative estimate of drug-likeness (QED) is 0.596. The van der Waals surface area contributed by atoms with Gasteiger partial charge in [0.15, 0.2) is 0 Å². The number of alkyl carbamates (subject to hydrolysis) is 1. The molecule has 0 aliphatic rings. The molecular weight excluding hydrogens is 304 g/mol. The van der Waals surface area contributed by atoms with Gasteiger partial charge in [0.25, 0.3) is 5.91 Å². The highest BCUT2D eigenvalue weighted by molar-refractivity contribution is 5.94. The zero-order chi connectivity index (χ0) is 18.0. The first-order valence-corrected chi connectivity index (χ1v) is 8.13. The fourth-order valence-corrected chi connectivity index (χ4v) is 1.95. The highest BCUT2D eigenvalue weighted by Crippen LogP contribution is 2.06. The number of rotatable bonds is 7. The van der Waals surface area contributed by atoms with Crippen LogP contribution in [0, 0.1) is 12.3 Å². The molecule has 0 bridgehead atoms. The molecule has 0 unspecified atom stereocenters. The van der Waals surface area contributed by atoms with Crippen molar-refractivity contribution in [2.45, 2.75) is 45.6 Å². The molecule has 5 heteroatoms. The summed E-state index contributed by atoms with van der Waals surface area (Å²) in [5, 5.41) is 5.58. The Kier molecular flexibility index (Phi) is 7.84. The molecule has 1 aromatic rings. The van der Waals surface area contributed by atoms with E-state index in [1.54, 1.807) is 24.3 Å². The van der Waals surface area contributed by atoms with E-state index in [9.17, 15) is 9.59 Å². The molecule has 0 atom stereocenters. The van der Waals surface area contributed by atoms with Gasteiger partial charge in [-0.2, -0.15) is 0 Å². The first-order chi connectivity index (χ1) is 11.3. The molecule has 0 spiro atoms. The minimum absolute atomic E-state index is 0.106. The van der Waals surface area contributed by atoms with Crippen LogP contribution in [0.4, 0.5) is 4.79 Å². The Morgan fingerprint density at radius 1 is 1.04 bits per heavy atom. The lowest BCUT2D eigenvalue weighted by Crippen LogP contribution is -2.33. The van der Waals surface area contributed by atoms with Gasteiger partial charge in [0.1, 0.15) is 5.60 Å². The SMILES string of the molecule is C#Cc1ccc(C(=O)NCCCCCNC(=O)OC(C)(C)C)cc1. The van der Waals surface area contributed by atoms with E-state index in [-0.39, 0.29) is 5.91 Å². The maximum atomic E-state index is 11.9. The smallest absolute Gasteiger partial charge is 0.407 e. The minimum Gasteiger partial charge on any atom is -0.444 e. The predicted molar refractivity (Wildman–Crippen MR) is 94.8 cm³/mol. The van der Waals surface area contributed by atoms with Crippen LogP contribution in [0.25, 0.3) is 0 Å². The van der Waals surface area contributed by atoms with E-state index in [2.05, 4.69) is 16.6 Å². The third kappa shape index (κ3) is 8.23. The first kappa shape index (κ1) is 19.6. The molecule has 0 radical (unpaired) electrons. The van der Waals surface area contributed by atoms with Crippen LogP contribution in [0.2, 0.25) is 0 Å². The monoisotopic (exact) mass is 330 g/mol. The molecule has 2 N–H and O–H groups in total. The summed E-state index contributed by atoms with van der Waals surface area (Å²) in [5.74, 6) is 2.41. The highest BCUT2D eigenvalue weighted by atomic mass is 16.6. The Hall–Kier alpha value is -2.48. The van der Waals surface area contributed by atoms with Gasteiger partial charge in [0.2, 0.25) is 0 Å². The van der Waals surface area contributed by atoms with E-state index < -0.39 is 11.7 Å². The molecule has 24 heavy (non-hydrogen) atoms. The topological polar surface area (TPSA) is 67.4 Å². The van der Waals surface area contributed by atoms with Crippen molar-refractivity contribution in [2.24, 2.45) is 0 Å². The van der Waals surface area contributed by atoms with Crippen LogP contribution in [0.15, 0.2) is 24.3 Å². The van der Waals surface area contributed by atoms with Crippen molar-refractivity contribution in [3.63, 3.8) is 0 Å². The van der Waals surface area contributed by atoms with Gasteiger partial charge in [-0.15, -0.1) is 6.42 Å². The zero-order valence-corrected chi connectivity index (χ0v) is 14.6. The maximum Gasteiger partial charge on any atom is 0.407 e. The van der Waals surface area contributed by atoms with Crippen LogP contribution < -0.4 is 10.6 Å². The molecule has 0 aromatic heterocycles. The van der Waals surface area contributed by atoms with E-state index in [1.165, 1.54) is 0 Å². The number of carbonyl (C=O) groups is 2. The van der Waals surface area contributed by atoms with Gasteiger partial charge < -0.3 is 15.4 Å². The van der Waals surface area contributed by atoms with Gasteiger partial charge >= 0.3 is 6.09 Å². The number of carbonyl (C=O) groups excluding carboxylic acids is 2. The van der Waals surface area contributed by atoms with E-state index in [0.717, 1.165) is 24.8 Å². The predicted octanol–water partition coefficient (Wildman–Crippen LogP) is 3.09. The van der Waals surface area contributed by atoms with Gasteiger partial charge in [0.05, 0.1) is 0 Å². The van der Waals surface area contributed by atoms with E-state index in [0.29, 0.717) is 18.7 Å². The molecule has 5 nitrogen and oxygen atoms in total. The number of hydrogen-bond acceptors (Lipinski definition) is 3. The van der Waals surface area contributed by atoms with Crippen molar-refractivity contribution < 1.29 is 14.3 Å². The summed E-state index contributed by atoms with van der Waals surface area (Å²) >= 11 is 0. The van der Waals surface area contributed by atoms with Crippen LogP contribution in [0.5, 0.6) is 0 Å². The molecule has 1 aromatic carbocycles. The summed E-state index contributed by atoms with van der Waals surface area (Å²) in [7, 11) is 0. The van der Waals surface area contributed by atoms with Gasteiger partial charge in [-0.3, -0.25) is 4.79 Å². The van der Waals surface area contributed by atoms with Crippen molar-refractivity contribution in [3.8, 4) is 12.3 Å². The Bertz CT molecular complexity index is 580. The van der Waals surface area contributed by atoms with E-state index in [1.807, 2.05) is 20.8 Å². The molecule has 0 aliphatic heterocycles. The Balaban J connectivity index is 2.10. The Morgan fingerprint density at radius 2 is 1.62 bits per heavy atom. The molecular formula is C19H26N2O3. The second-order valence-electron chi connectivity index (χ2n) is 6.47. The van der Waals surface area contributed by atoms with Crippen LogP contribution in [-0.2, 0) is 4.74 Å². The lowest BCUT2D eigenvalue weighted by molar-refractivity contribution is 0.0527. The average Bonchev–Trinajstić information content (AvgIpc) is 2.52. The van der Waals surface area contributed by atoms with Gasteiger partial charge in [0, 0.05) is 24.2 Å². The molecule has 0 aliphatic carbocycles. The second-order valence-corrected chi connectivity index (χ2v) is 6.47. The minimum atomic E-state index is -0.479. The largest absolute Gasteiger partial charge is 0.444 e. The van der Waals surface area contributed by atoms with Gasteiger partial charge in [-0.1, -0.05) is 5.92 Å². The van der Waals surface area contributed by atoms with Crippen molar-refractivity contribution in [1.82, 2.24) is 10.6 Å².